The fourth-order valence-corrected chi connectivity index (χ4v) is 2.14. The quantitative estimate of drug-likeness (QED) is 0.534. The summed E-state index contributed by atoms with van der Waals surface area (Å²) in [6.07, 6.45) is 5.08. The van der Waals surface area contributed by atoms with Crippen molar-refractivity contribution in [3.8, 4) is 0 Å². The van der Waals surface area contributed by atoms with E-state index in [9.17, 15) is 4.79 Å². The fraction of sp³-hybridized carbons (Fsp3) is 0.438. The molecule has 0 saturated heterocycles. The summed E-state index contributed by atoms with van der Waals surface area (Å²) in [6, 6.07) is 7.84. The molecule has 0 atom stereocenters. The van der Waals surface area contributed by atoms with Gasteiger partial charge in [-0.2, -0.15) is 0 Å². The maximum absolute atomic E-state index is 12.0. The van der Waals surface area contributed by atoms with E-state index in [4.69, 9.17) is 4.42 Å². The van der Waals surface area contributed by atoms with Gasteiger partial charge in [-0.25, -0.2) is 0 Å². The molecule has 0 unspecified atom stereocenters. The number of Topliss-reactive ketones (excluding diaryl/α,β-unsaturated/α-hetero) is 1. The van der Waals surface area contributed by atoms with Crippen LogP contribution >= 0.6 is 0 Å². The van der Waals surface area contributed by atoms with E-state index in [0.717, 1.165) is 23.8 Å². The lowest BCUT2D eigenvalue weighted by Gasteiger charge is -1.97. The number of benzene rings is 1. The van der Waals surface area contributed by atoms with Crippen LogP contribution in [0.5, 0.6) is 0 Å². The van der Waals surface area contributed by atoms with Crippen LogP contribution < -0.4 is 0 Å². The molecule has 1 heterocycles. The van der Waals surface area contributed by atoms with Crippen molar-refractivity contribution in [2.24, 2.45) is 0 Å². The Hall–Kier alpha value is -1.57. The highest BCUT2D eigenvalue weighted by atomic mass is 16.3. The molecule has 0 bridgehead atoms. The van der Waals surface area contributed by atoms with Gasteiger partial charge in [-0.05, 0) is 31.5 Å². The average Bonchev–Trinajstić information content (AvgIpc) is 2.77. The Bertz CT molecular complexity index is 537. The van der Waals surface area contributed by atoms with E-state index < -0.39 is 0 Å². The maximum Gasteiger partial charge on any atom is 0.198 e. The Kier molecular flexibility index (Phi) is 4.19. The lowest BCUT2D eigenvalue weighted by Crippen LogP contribution is -1.96. The Morgan fingerprint density at radius 2 is 2.00 bits per heavy atom. The van der Waals surface area contributed by atoms with Gasteiger partial charge in [-0.15, -0.1) is 0 Å². The van der Waals surface area contributed by atoms with Crippen LogP contribution in [0.25, 0.3) is 11.0 Å². The fourth-order valence-electron chi connectivity index (χ4n) is 2.14. The van der Waals surface area contributed by atoms with Crippen molar-refractivity contribution >= 4 is 16.8 Å². The van der Waals surface area contributed by atoms with Crippen LogP contribution in [0.2, 0.25) is 0 Å². The first-order chi connectivity index (χ1) is 8.70. The largest absolute Gasteiger partial charge is 0.453 e. The normalized spacial score (nSPS) is 11.0. The van der Waals surface area contributed by atoms with Crippen molar-refractivity contribution in [1.82, 2.24) is 0 Å². The number of aryl methyl sites for hydroxylation is 1. The summed E-state index contributed by atoms with van der Waals surface area (Å²) in [5, 5.41) is 1.02. The van der Waals surface area contributed by atoms with Gasteiger partial charge in [0.2, 0.25) is 0 Å². The zero-order valence-electron chi connectivity index (χ0n) is 11.2. The van der Waals surface area contributed by atoms with E-state index in [2.05, 4.69) is 6.92 Å². The van der Waals surface area contributed by atoms with Gasteiger partial charge in [0.15, 0.2) is 11.5 Å². The Morgan fingerprint density at radius 3 is 2.78 bits per heavy atom. The summed E-state index contributed by atoms with van der Waals surface area (Å²) >= 11 is 0. The topological polar surface area (TPSA) is 30.2 Å². The van der Waals surface area contributed by atoms with E-state index in [0.29, 0.717) is 12.2 Å². The number of hydrogen-bond donors (Lipinski definition) is 0. The van der Waals surface area contributed by atoms with Gasteiger partial charge < -0.3 is 4.42 Å². The maximum atomic E-state index is 12.0. The smallest absolute Gasteiger partial charge is 0.198 e. The van der Waals surface area contributed by atoms with Crippen molar-refractivity contribution in [3.05, 3.63) is 35.6 Å². The molecule has 0 aliphatic heterocycles. The molecule has 0 aliphatic rings. The zero-order valence-corrected chi connectivity index (χ0v) is 11.2. The molecule has 18 heavy (non-hydrogen) atoms. The highest BCUT2D eigenvalue weighted by Crippen LogP contribution is 2.22. The lowest BCUT2D eigenvalue weighted by atomic mass is 10.1. The van der Waals surface area contributed by atoms with Gasteiger partial charge >= 0.3 is 0 Å². The molecule has 2 rings (SSSR count). The number of rotatable bonds is 6. The molecule has 2 heteroatoms. The average molecular weight is 244 g/mol. The van der Waals surface area contributed by atoms with Gasteiger partial charge in [0.05, 0.1) is 0 Å². The third kappa shape index (κ3) is 3.00. The van der Waals surface area contributed by atoms with Crippen LogP contribution in [0.15, 0.2) is 28.7 Å². The first kappa shape index (κ1) is 12.9. The van der Waals surface area contributed by atoms with Gasteiger partial charge in [0.1, 0.15) is 5.58 Å². The highest BCUT2D eigenvalue weighted by Gasteiger charge is 2.11. The molecule has 0 fully saturated rings. The van der Waals surface area contributed by atoms with Gasteiger partial charge in [-0.3, -0.25) is 4.79 Å². The molecule has 0 spiro atoms. The van der Waals surface area contributed by atoms with Crippen LogP contribution in [0.3, 0.4) is 0 Å². The minimum absolute atomic E-state index is 0.125. The third-order valence-corrected chi connectivity index (χ3v) is 3.20. The van der Waals surface area contributed by atoms with Crippen LogP contribution in [0.4, 0.5) is 0 Å². The highest BCUT2D eigenvalue weighted by molar-refractivity contribution is 5.97. The van der Waals surface area contributed by atoms with E-state index in [1.54, 1.807) is 0 Å². The van der Waals surface area contributed by atoms with Crippen LogP contribution in [-0.2, 0) is 0 Å². The summed E-state index contributed by atoms with van der Waals surface area (Å²) in [5.74, 6) is 0.632. The number of carbonyl (C=O) groups is 1. The Balaban J connectivity index is 2.04. The Morgan fingerprint density at radius 1 is 1.17 bits per heavy atom. The second kappa shape index (κ2) is 5.85. The van der Waals surface area contributed by atoms with Crippen LogP contribution in [0.1, 0.15) is 55.1 Å². The molecular weight excluding hydrogens is 224 g/mol. The summed E-state index contributed by atoms with van der Waals surface area (Å²) in [7, 11) is 0. The molecule has 96 valence electrons. The summed E-state index contributed by atoms with van der Waals surface area (Å²) in [6.45, 7) is 4.21. The molecule has 2 aromatic rings. The molecule has 0 amide bonds. The summed E-state index contributed by atoms with van der Waals surface area (Å²) in [5.41, 5.74) is 1.99. The first-order valence-corrected chi connectivity index (χ1v) is 6.74. The van der Waals surface area contributed by atoms with Gasteiger partial charge in [-0.1, -0.05) is 37.8 Å². The van der Waals surface area contributed by atoms with Crippen LogP contribution in [-0.4, -0.2) is 5.78 Å². The van der Waals surface area contributed by atoms with E-state index in [1.165, 1.54) is 18.4 Å². The predicted molar refractivity (Wildman–Crippen MR) is 74.0 cm³/mol. The van der Waals surface area contributed by atoms with Crippen molar-refractivity contribution in [2.75, 3.05) is 0 Å². The standard InChI is InChI=1S/C16H20O2/c1-3-4-5-6-7-14(17)16-11-13-10-12(2)8-9-15(13)18-16/h8-11H,3-7H2,1-2H3. The molecule has 1 aromatic heterocycles. The number of carbonyl (C=O) groups excluding carboxylic acids is 1. The SMILES string of the molecule is CCCCCCC(=O)c1cc2cc(C)ccc2o1. The van der Waals surface area contributed by atoms with Crippen LogP contribution in [0, 0.1) is 6.92 Å². The van der Waals surface area contributed by atoms with Crippen molar-refractivity contribution < 1.29 is 9.21 Å². The first-order valence-electron chi connectivity index (χ1n) is 6.74. The molecular formula is C16H20O2. The van der Waals surface area contributed by atoms with Crippen molar-refractivity contribution in [3.63, 3.8) is 0 Å². The zero-order chi connectivity index (χ0) is 13.0. The van der Waals surface area contributed by atoms with Crippen molar-refractivity contribution in [2.45, 2.75) is 46.0 Å². The van der Waals surface area contributed by atoms with E-state index >= 15 is 0 Å². The number of ketones is 1. The number of furan rings is 1. The number of unbranched alkanes of at least 4 members (excludes halogenated alkanes) is 3. The summed E-state index contributed by atoms with van der Waals surface area (Å²) in [4.78, 5) is 12.0. The number of fused-ring (bicyclic) bond motifs is 1. The second-order valence-electron chi connectivity index (χ2n) is 4.89. The monoisotopic (exact) mass is 244 g/mol. The predicted octanol–water partition coefficient (Wildman–Crippen LogP) is 4.89. The minimum Gasteiger partial charge on any atom is -0.453 e. The minimum atomic E-state index is 0.125. The Labute approximate surface area is 108 Å². The molecule has 1 aromatic carbocycles. The summed E-state index contributed by atoms with van der Waals surface area (Å²) < 4.78 is 5.59. The molecule has 0 radical (unpaired) electrons. The van der Waals surface area contributed by atoms with E-state index in [-0.39, 0.29) is 5.78 Å². The van der Waals surface area contributed by atoms with Gasteiger partial charge in [0, 0.05) is 11.8 Å². The van der Waals surface area contributed by atoms with Gasteiger partial charge in [0.25, 0.3) is 0 Å². The molecule has 0 N–H and O–H groups in total. The van der Waals surface area contributed by atoms with E-state index in [1.807, 2.05) is 31.2 Å². The lowest BCUT2D eigenvalue weighted by molar-refractivity contribution is 0.0954. The third-order valence-electron chi connectivity index (χ3n) is 3.20. The molecule has 0 aliphatic carbocycles. The second-order valence-corrected chi connectivity index (χ2v) is 4.89. The number of hydrogen-bond acceptors (Lipinski definition) is 2. The van der Waals surface area contributed by atoms with Crippen molar-refractivity contribution in [1.29, 1.82) is 0 Å². The molecule has 0 saturated carbocycles. The molecule has 2 nitrogen and oxygen atoms in total.